The van der Waals surface area contributed by atoms with Gasteiger partial charge in [-0.15, -0.1) is 0 Å². The molecule has 0 atom stereocenters. The van der Waals surface area contributed by atoms with Crippen LogP contribution in [0.25, 0.3) is 0 Å². The summed E-state index contributed by atoms with van der Waals surface area (Å²) in [4.78, 5) is 2.45. The van der Waals surface area contributed by atoms with Gasteiger partial charge in [0.1, 0.15) is 0 Å². The predicted octanol–water partition coefficient (Wildman–Crippen LogP) is 4.16. The van der Waals surface area contributed by atoms with E-state index in [9.17, 15) is 8.42 Å². The van der Waals surface area contributed by atoms with Gasteiger partial charge >= 0.3 is 0 Å². The zero-order valence-corrected chi connectivity index (χ0v) is 17.3. The van der Waals surface area contributed by atoms with Crippen molar-refractivity contribution >= 4 is 27.3 Å². The lowest BCUT2D eigenvalue weighted by atomic mass is 9.98. The molecule has 0 spiro atoms. The van der Waals surface area contributed by atoms with Crippen LogP contribution in [0.5, 0.6) is 0 Å². The van der Waals surface area contributed by atoms with Crippen LogP contribution in [-0.2, 0) is 28.6 Å². The fourth-order valence-corrected chi connectivity index (χ4v) is 4.98. The maximum Gasteiger partial charge on any atom is 0.215 e. The molecule has 0 saturated heterocycles. The van der Waals surface area contributed by atoms with Crippen molar-refractivity contribution in [3.63, 3.8) is 0 Å². The van der Waals surface area contributed by atoms with E-state index in [0.717, 1.165) is 25.9 Å². The van der Waals surface area contributed by atoms with Gasteiger partial charge < -0.3 is 4.90 Å². The molecule has 2 aromatic carbocycles. The van der Waals surface area contributed by atoms with E-state index in [0.29, 0.717) is 23.6 Å². The Bertz CT molecular complexity index is 884. The van der Waals surface area contributed by atoms with E-state index in [4.69, 9.17) is 11.6 Å². The number of hydrogen-bond donors (Lipinski definition) is 1. The number of benzene rings is 2. The van der Waals surface area contributed by atoms with Crippen molar-refractivity contribution in [3.05, 3.63) is 64.2 Å². The predicted molar refractivity (Wildman–Crippen MR) is 113 cm³/mol. The molecule has 3 rings (SSSR count). The third kappa shape index (κ3) is 5.71. The highest BCUT2D eigenvalue weighted by Crippen LogP contribution is 2.28. The van der Waals surface area contributed by atoms with Crippen LogP contribution in [0.2, 0.25) is 5.02 Å². The van der Waals surface area contributed by atoms with Crippen molar-refractivity contribution in [2.75, 3.05) is 24.5 Å². The number of nitrogens with one attached hydrogen (secondary N) is 1. The van der Waals surface area contributed by atoms with Crippen LogP contribution >= 0.6 is 11.6 Å². The lowest BCUT2D eigenvalue weighted by Gasteiger charge is -2.31. The molecule has 0 aliphatic carbocycles. The number of anilines is 1. The number of fused-ring (bicyclic) bond motifs is 1. The minimum atomic E-state index is -3.37. The van der Waals surface area contributed by atoms with Gasteiger partial charge in [-0.1, -0.05) is 42.8 Å². The number of nitrogens with zero attached hydrogens (tertiary/aromatic N) is 1. The van der Waals surface area contributed by atoms with E-state index >= 15 is 0 Å². The number of aryl methyl sites for hydroxylation is 1. The molecule has 6 heteroatoms. The quantitative estimate of drug-likeness (QED) is 0.715. The van der Waals surface area contributed by atoms with Gasteiger partial charge in [0.15, 0.2) is 0 Å². The second-order valence-electron chi connectivity index (χ2n) is 7.09. The Kier molecular flexibility index (Phi) is 6.79. The number of sulfonamides is 1. The third-order valence-electron chi connectivity index (χ3n) is 4.83. The fraction of sp³-hybridized carbons (Fsp3) is 0.429. The minimum absolute atomic E-state index is 0.0519. The smallest absolute Gasteiger partial charge is 0.215 e. The molecule has 0 bridgehead atoms. The van der Waals surface area contributed by atoms with E-state index < -0.39 is 10.0 Å². The summed E-state index contributed by atoms with van der Waals surface area (Å²) in [5.41, 5.74) is 4.60. The first kappa shape index (κ1) is 20.2. The topological polar surface area (TPSA) is 49.4 Å². The second kappa shape index (κ2) is 9.09. The van der Waals surface area contributed by atoms with Gasteiger partial charge in [0.2, 0.25) is 10.0 Å². The first-order chi connectivity index (χ1) is 13.0. The van der Waals surface area contributed by atoms with Crippen molar-refractivity contribution < 1.29 is 8.42 Å². The molecule has 1 aliphatic rings. The molecule has 0 amide bonds. The maximum atomic E-state index is 12.3. The maximum absolute atomic E-state index is 12.3. The average Bonchev–Trinajstić information content (AvgIpc) is 2.61. The normalized spacial score (nSPS) is 14.2. The molecule has 1 aliphatic heterocycles. The summed E-state index contributed by atoms with van der Waals surface area (Å²) >= 11 is 5.93. The molecule has 1 N–H and O–H groups in total. The van der Waals surface area contributed by atoms with Crippen molar-refractivity contribution in [2.24, 2.45) is 0 Å². The Hall–Kier alpha value is -1.56. The largest absolute Gasteiger partial charge is 0.371 e. The van der Waals surface area contributed by atoms with E-state index in [1.165, 1.54) is 23.2 Å². The lowest BCUT2D eigenvalue weighted by Crippen LogP contribution is -2.30. The number of rotatable bonds is 8. The van der Waals surface area contributed by atoms with Crippen LogP contribution in [0.15, 0.2) is 42.5 Å². The van der Waals surface area contributed by atoms with Crippen molar-refractivity contribution in [1.82, 2.24) is 4.72 Å². The van der Waals surface area contributed by atoms with Gasteiger partial charge in [-0.3, -0.25) is 0 Å². The molecule has 0 fully saturated rings. The van der Waals surface area contributed by atoms with E-state index in [1.54, 1.807) is 24.3 Å². The summed E-state index contributed by atoms with van der Waals surface area (Å²) < 4.78 is 27.3. The number of halogens is 1. The molecule has 27 heavy (non-hydrogen) atoms. The van der Waals surface area contributed by atoms with Gasteiger partial charge in [0.25, 0.3) is 0 Å². The molecule has 0 saturated carbocycles. The first-order valence-corrected chi connectivity index (χ1v) is 11.6. The third-order valence-corrected chi connectivity index (χ3v) is 6.43. The Morgan fingerprint density at radius 1 is 1.15 bits per heavy atom. The van der Waals surface area contributed by atoms with E-state index in [-0.39, 0.29) is 5.75 Å². The van der Waals surface area contributed by atoms with Crippen LogP contribution in [0.3, 0.4) is 0 Å². The molecule has 2 aromatic rings. The molecule has 0 aromatic heterocycles. The molecular formula is C21H27ClN2O2S. The summed E-state index contributed by atoms with van der Waals surface area (Å²) in [6, 6.07) is 13.5. The van der Waals surface area contributed by atoms with E-state index in [1.807, 2.05) is 0 Å². The Labute approximate surface area is 167 Å². The van der Waals surface area contributed by atoms with Crippen molar-refractivity contribution in [1.29, 1.82) is 0 Å². The summed E-state index contributed by atoms with van der Waals surface area (Å²) in [5, 5.41) is 0.550. The summed E-state index contributed by atoms with van der Waals surface area (Å²) in [6.45, 7) is 4.83. The average molecular weight is 407 g/mol. The highest BCUT2D eigenvalue weighted by molar-refractivity contribution is 7.88. The SMILES string of the molecule is CCCN1CCCc2cc(CCNS(=O)(=O)Cc3cccc(Cl)c3)ccc21. The Balaban J connectivity index is 1.57. The van der Waals surface area contributed by atoms with Gasteiger partial charge in [-0.05, 0) is 60.6 Å². The molecule has 4 nitrogen and oxygen atoms in total. The monoisotopic (exact) mass is 406 g/mol. The first-order valence-electron chi connectivity index (χ1n) is 9.55. The molecule has 0 radical (unpaired) electrons. The molecular weight excluding hydrogens is 380 g/mol. The lowest BCUT2D eigenvalue weighted by molar-refractivity contribution is 0.581. The highest BCUT2D eigenvalue weighted by Gasteiger charge is 2.16. The van der Waals surface area contributed by atoms with Gasteiger partial charge in [-0.25, -0.2) is 13.1 Å². The van der Waals surface area contributed by atoms with E-state index in [2.05, 4.69) is 34.7 Å². The Morgan fingerprint density at radius 2 is 2.00 bits per heavy atom. The minimum Gasteiger partial charge on any atom is -0.371 e. The molecule has 146 valence electrons. The summed E-state index contributed by atoms with van der Waals surface area (Å²) in [5.74, 6) is -0.0519. The van der Waals surface area contributed by atoms with Crippen LogP contribution in [0.1, 0.15) is 36.5 Å². The zero-order chi connectivity index (χ0) is 19.3. The summed E-state index contributed by atoms with van der Waals surface area (Å²) in [6.07, 6.45) is 4.12. The van der Waals surface area contributed by atoms with Gasteiger partial charge in [0, 0.05) is 30.3 Å². The van der Waals surface area contributed by atoms with Crippen LogP contribution in [0.4, 0.5) is 5.69 Å². The summed E-state index contributed by atoms with van der Waals surface area (Å²) in [7, 11) is -3.37. The van der Waals surface area contributed by atoms with Crippen molar-refractivity contribution in [2.45, 2.75) is 38.4 Å². The van der Waals surface area contributed by atoms with Crippen LogP contribution < -0.4 is 9.62 Å². The second-order valence-corrected chi connectivity index (χ2v) is 9.33. The van der Waals surface area contributed by atoms with Crippen molar-refractivity contribution in [3.8, 4) is 0 Å². The van der Waals surface area contributed by atoms with Crippen LogP contribution in [-0.4, -0.2) is 28.1 Å². The fourth-order valence-electron chi connectivity index (χ4n) is 3.63. The van der Waals surface area contributed by atoms with Gasteiger partial charge in [-0.2, -0.15) is 0 Å². The van der Waals surface area contributed by atoms with Gasteiger partial charge in [0.05, 0.1) is 5.75 Å². The Morgan fingerprint density at radius 3 is 2.78 bits per heavy atom. The molecule has 1 heterocycles. The standard InChI is InChI=1S/C21H27ClN2O2S/c1-2-12-24-13-4-6-19-14-17(8-9-21(19)24)10-11-23-27(25,26)16-18-5-3-7-20(22)15-18/h3,5,7-9,14-15,23H,2,4,6,10-13,16H2,1H3. The number of hydrogen-bond acceptors (Lipinski definition) is 3. The zero-order valence-electron chi connectivity index (χ0n) is 15.7. The highest BCUT2D eigenvalue weighted by atomic mass is 35.5. The molecule has 0 unspecified atom stereocenters. The van der Waals surface area contributed by atoms with Crippen LogP contribution in [0, 0.1) is 0 Å².